The summed E-state index contributed by atoms with van der Waals surface area (Å²) in [5.41, 5.74) is 1.21. The van der Waals surface area contributed by atoms with E-state index in [0.29, 0.717) is 22.3 Å². The first-order valence-electron chi connectivity index (χ1n) is 5.06. The van der Waals surface area contributed by atoms with Gasteiger partial charge in [0.1, 0.15) is 5.70 Å². The molecule has 2 N–H and O–H groups in total. The van der Waals surface area contributed by atoms with E-state index in [2.05, 4.69) is 26.6 Å². The summed E-state index contributed by atoms with van der Waals surface area (Å²) in [5, 5.41) is 5.60. The molecule has 5 nitrogen and oxygen atoms in total. The predicted molar refractivity (Wildman–Crippen MR) is 72.1 cm³/mol. The molecule has 1 saturated heterocycles. The first kappa shape index (κ1) is 11.5. The molecule has 3 rings (SSSR count). The molecule has 0 atom stereocenters. The Morgan fingerprint density at radius 3 is 2.67 bits per heavy atom. The minimum absolute atomic E-state index is 0.213. The van der Waals surface area contributed by atoms with Gasteiger partial charge < -0.3 is 14.8 Å². The number of carbonyl (C=O) groups is 1. The SMILES string of the molecule is O=C1NC(=S)NC1=Cc1cc2c(cc1Br)OCO2. The molecule has 0 radical (unpaired) electrons. The maximum atomic E-state index is 11.5. The molecule has 0 bridgehead atoms. The number of hydrogen-bond acceptors (Lipinski definition) is 4. The lowest BCUT2D eigenvalue weighted by Crippen LogP contribution is -2.21. The maximum absolute atomic E-state index is 11.5. The van der Waals surface area contributed by atoms with Gasteiger partial charge in [0.2, 0.25) is 6.79 Å². The molecule has 1 amide bonds. The number of amides is 1. The number of halogens is 1. The lowest BCUT2D eigenvalue weighted by atomic mass is 10.1. The van der Waals surface area contributed by atoms with Crippen molar-refractivity contribution < 1.29 is 14.3 Å². The Hall–Kier alpha value is -1.60. The van der Waals surface area contributed by atoms with Crippen molar-refractivity contribution in [2.24, 2.45) is 0 Å². The first-order valence-corrected chi connectivity index (χ1v) is 6.27. The average molecular weight is 327 g/mol. The fourth-order valence-electron chi connectivity index (χ4n) is 1.68. The van der Waals surface area contributed by atoms with Crippen LogP contribution in [0.4, 0.5) is 0 Å². The van der Waals surface area contributed by atoms with Crippen molar-refractivity contribution in [3.05, 3.63) is 27.9 Å². The number of thiocarbonyl (C=S) groups is 1. The third-order valence-electron chi connectivity index (χ3n) is 2.51. The van der Waals surface area contributed by atoms with Crippen molar-refractivity contribution in [3.63, 3.8) is 0 Å². The minimum atomic E-state index is -0.246. The van der Waals surface area contributed by atoms with E-state index in [4.69, 9.17) is 21.7 Å². The lowest BCUT2D eigenvalue weighted by Gasteiger charge is -2.03. The van der Waals surface area contributed by atoms with Crippen LogP contribution in [0.2, 0.25) is 0 Å². The summed E-state index contributed by atoms with van der Waals surface area (Å²) in [6.07, 6.45) is 1.70. The van der Waals surface area contributed by atoms with Gasteiger partial charge in [0, 0.05) is 4.47 Å². The Balaban J connectivity index is 2.00. The fourth-order valence-corrected chi connectivity index (χ4v) is 2.32. The highest BCUT2D eigenvalue weighted by atomic mass is 79.9. The molecule has 1 fully saturated rings. The van der Waals surface area contributed by atoms with Crippen molar-refractivity contribution in [3.8, 4) is 11.5 Å². The highest BCUT2D eigenvalue weighted by molar-refractivity contribution is 9.10. The number of carbonyl (C=O) groups excluding carboxylic acids is 1. The molecule has 0 spiro atoms. The quantitative estimate of drug-likeness (QED) is 0.605. The molecule has 1 aromatic carbocycles. The largest absolute Gasteiger partial charge is 0.454 e. The van der Waals surface area contributed by atoms with Gasteiger partial charge in [-0.15, -0.1) is 0 Å². The summed E-state index contributed by atoms with van der Waals surface area (Å²) >= 11 is 8.28. The monoisotopic (exact) mass is 326 g/mol. The van der Waals surface area contributed by atoms with E-state index >= 15 is 0 Å². The second-order valence-electron chi connectivity index (χ2n) is 3.69. The van der Waals surface area contributed by atoms with Crippen LogP contribution in [-0.2, 0) is 4.79 Å². The van der Waals surface area contributed by atoms with Crippen LogP contribution < -0.4 is 20.1 Å². The van der Waals surface area contributed by atoms with E-state index in [9.17, 15) is 4.79 Å². The van der Waals surface area contributed by atoms with E-state index in [-0.39, 0.29) is 12.7 Å². The molecule has 2 heterocycles. The molecule has 7 heteroatoms. The molecule has 2 aliphatic heterocycles. The van der Waals surface area contributed by atoms with Gasteiger partial charge >= 0.3 is 0 Å². The Morgan fingerprint density at radius 2 is 2.00 bits per heavy atom. The van der Waals surface area contributed by atoms with E-state index < -0.39 is 0 Å². The maximum Gasteiger partial charge on any atom is 0.273 e. The zero-order valence-corrected chi connectivity index (χ0v) is 11.4. The summed E-state index contributed by atoms with van der Waals surface area (Å²) in [4.78, 5) is 11.5. The van der Waals surface area contributed by atoms with Gasteiger partial charge in [0.25, 0.3) is 5.91 Å². The van der Waals surface area contributed by atoms with E-state index in [1.807, 2.05) is 0 Å². The second-order valence-corrected chi connectivity index (χ2v) is 4.96. The summed E-state index contributed by atoms with van der Waals surface area (Å²) in [6, 6.07) is 3.61. The minimum Gasteiger partial charge on any atom is -0.454 e. The normalized spacial score (nSPS) is 19.1. The summed E-state index contributed by atoms with van der Waals surface area (Å²) in [6.45, 7) is 0.213. The number of nitrogens with one attached hydrogen (secondary N) is 2. The topological polar surface area (TPSA) is 59.6 Å². The second kappa shape index (κ2) is 4.25. The Bertz CT molecular complexity index is 600. The van der Waals surface area contributed by atoms with Gasteiger partial charge in [-0.1, -0.05) is 15.9 Å². The molecule has 2 aliphatic rings. The van der Waals surface area contributed by atoms with Crippen molar-refractivity contribution in [2.75, 3.05) is 6.79 Å². The third kappa shape index (κ3) is 1.95. The fraction of sp³-hybridized carbons (Fsp3) is 0.0909. The van der Waals surface area contributed by atoms with Gasteiger partial charge in [-0.3, -0.25) is 10.1 Å². The van der Waals surface area contributed by atoms with Crippen molar-refractivity contribution in [2.45, 2.75) is 0 Å². The van der Waals surface area contributed by atoms with Crippen LogP contribution in [0, 0.1) is 0 Å². The van der Waals surface area contributed by atoms with E-state index in [1.165, 1.54) is 0 Å². The van der Waals surface area contributed by atoms with Gasteiger partial charge in [0.15, 0.2) is 16.6 Å². The van der Waals surface area contributed by atoms with E-state index in [1.54, 1.807) is 18.2 Å². The summed E-state index contributed by atoms with van der Waals surface area (Å²) in [7, 11) is 0. The highest BCUT2D eigenvalue weighted by Gasteiger charge is 2.21. The van der Waals surface area contributed by atoms with Crippen LogP contribution in [0.3, 0.4) is 0 Å². The van der Waals surface area contributed by atoms with E-state index in [0.717, 1.165) is 10.0 Å². The zero-order chi connectivity index (χ0) is 12.7. The van der Waals surface area contributed by atoms with Gasteiger partial charge in [-0.25, -0.2) is 0 Å². The van der Waals surface area contributed by atoms with Gasteiger partial charge in [0.05, 0.1) is 0 Å². The molecular weight excluding hydrogens is 320 g/mol. The van der Waals surface area contributed by atoms with Crippen LogP contribution >= 0.6 is 28.1 Å². The molecule has 0 unspecified atom stereocenters. The van der Waals surface area contributed by atoms with Crippen LogP contribution in [0.15, 0.2) is 22.3 Å². The summed E-state index contributed by atoms with van der Waals surface area (Å²) in [5.74, 6) is 1.10. The number of fused-ring (bicyclic) bond motifs is 1. The number of rotatable bonds is 1. The number of ether oxygens (including phenoxy) is 2. The lowest BCUT2D eigenvalue weighted by molar-refractivity contribution is -0.115. The summed E-state index contributed by atoms with van der Waals surface area (Å²) < 4.78 is 11.4. The van der Waals surface area contributed by atoms with Crippen LogP contribution in [0.5, 0.6) is 11.5 Å². The first-order chi connectivity index (χ1) is 8.63. The highest BCUT2D eigenvalue weighted by Crippen LogP contribution is 2.37. The average Bonchev–Trinajstić information content (AvgIpc) is 2.86. The standard InChI is InChI=1S/C11H7BrN2O3S/c12-6-3-9-8(16-4-17-9)2-5(6)1-7-10(15)14-11(18)13-7/h1-3H,4H2,(H2,13,14,15,18). The number of hydrogen-bond donors (Lipinski definition) is 2. The molecule has 0 aromatic heterocycles. The molecule has 1 aromatic rings. The number of benzene rings is 1. The van der Waals surface area contributed by atoms with Gasteiger partial charge in [-0.2, -0.15) is 0 Å². The smallest absolute Gasteiger partial charge is 0.273 e. The predicted octanol–water partition coefficient (Wildman–Crippen LogP) is 1.52. The molecule has 0 saturated carbocycles. The molecular formula is C11H7BrN2O3S. The Morgan fingerprint density at radius 1 is 1.28 bits per heavy atom. The Kier molecular flexibility index (Phi) is 2.71. The van der Waals surface area contributed by atoms with Crippen molar-refractivity contribution in [1.29, 1.82) is 0 Å². The molecule has 18 heavy (non-hydrogen) atoms. The van der Waals surface area contributed by atoms with Crippen LogP contribution in [-0.4, -0.2) is 17.8 Å². The van der Waals surface area contributed by atoms with Crippen LogP contribution in [0.25, 0.3) is 6.08 Å². The zero-order valence-electron chi connectivity index (χ0n) is 8.95. The molecule has 0 aliphatic carbocycles. The van der Waals surface area contributed by atoms with Crippen molar-refractivity contribution >= 4 is 45.2 Å². The third-order valence-corrected chi connectivity index (χ3v) is 3.40. The van der Waals surface area contributed by atoms with Crippen molar-refractivity contribution in [1.82, 2.24) is 10.6 Å². The molecule has 92 valence electrons. The van der Waals surface area contributed by atoms with Crippen LogP contribution in [0.1, 0.15) is 5.56 Å². The van der Waals surface area contributed by atoms with Gasteiger partial charge in [-0.05, 0) is 36.0 Å². The Labute approximate surface area is 116 Å².